The van der Waals surface area contributed by atoms with E-state index in [1.54, 1.807) is 0 Å². The molecule has 0 saturated carbocycles. The third kappa shape index (κ3) is 7.03. The van der Waals surface area contributed by atoms with Gasteiger partial charge in [0.05, 0.1) is 5.71 Å². The zero-order valence-electron chi connectivity index (χ0n) is 12.4. The van der Waals surface area contributed by atoms with Crippen LogP contribution in [-0.4, -0.2) is 32.9 Å². The number of nitrogens with one attached hydrogen (secondary N) is 1. The Balaban J connectivity index is 2.38. The van der Waals surface area contributed by atoms with Crippen LogP contribution in [0.2, 0.25) is 0 Å². The SMILES string of the molecule is CCCCCCN=C(CCCCCC)c1nn[nH]n1. The van der Waals surface area contributed by atoms with Crippen molar-refractivity contribution >= 4 is 5.71 Å². The Hall–Kier alpha value is -1.26. The summed E-state index contributed by atoms with van der Waals surface area (Å²) < 4.78 is 0. The molecule has 0 bridgehead atoms. The van der Waals surface area contributed by atoms with Gasteiger partial charge in [-0.25, -0.2) is 0 Å². The van der Waals surface area contributed by atoms with Gasteiger partial charge in [0.2, 0.25) is 5.82 Å². The van der Waals surface area contributed by atoms with E-state index in [1.807, 2.05) is 0 Å². The maximum absolute atomic E-state index is 4.67. The number of aromatic amines is 1. The van der Waals surface area contributed by atoms with Gasteiger partial charge in [-0.15, -0.1) is 10.2 Å². The highest BCUT2D eigenvalue weighted by Crippen LogP contribution is 2.08. The topological polar surface area (TPSA) is 66.8 Å². The molecule has 1 N–H and O–H groups in total. The molecule has 0 unspecified atom stereocenters. The van der Waals surface area contributed by atoms with Gasteiger partial charge in [0.1, 0.15) is 0 Å². The lowest BCUT2D eigenvalue weighted by Gasteiger charge is -2.03. The molecule has 108 valence electrons. The summed E-state index contributed by atoms with van der Waals surface area (Å²) in [6, 6.07) is 0. The van der Waals surface area contributed by atoms with Gasteiger partial charge in [-0.05, 0) is 24.5 Å². The van der Waals surface area contributed by atoms with Crippen LogP contribution in [0.3, 0.4) is 0 Å². The molecule has 0 spiro atoms. The van der Waals surface area contributed by atoms with Gasteiger partial charge in [0, 0.05) is 6.54 Å². The minimum atomic E-state index is 0.673. The molecule has 1 heterocycles. The Kier molecular flexibility index (Phi) is 8.85. The molecule has 0 aromatic carbocycles. The molecule has 0 saturated heterocycles. The molecule has 0 aliphatic carbocycles. The standard InChI is InChI=1S/C14H27N5/c1-3-5-7-9-11-13(14-16-18-19-17-14)15-12-10-8-6-4-2/h3-12H2,1-2H3,(H,16,17,18,19). The number of aromatic nitrogens is 4. The second kappa shape index (κ2) is 10.6. The molecule has 1 rings (SSSR count). The smallest absolute Gasteiger partial charge is 0.218 e. The van der Waals surface area contributed by atoms with Gasteiger partial charge < -0.3 is 0 Å². The van der Waals surface area contributed by atoms with Crippen LogP contribution in [0, 0.1) is 0 Å². The predicted octanol–water partition coefficient (Wildman–Crippen LogP) is 3.54. The number of hydrogen-bond donors (Lipinski definition) is 1. The largest absolute Gasteiger partial charge is 0.286 e. The van der Waals surface area contributed by atoms with Crippen molar-refractivity contribution in [1.29, 1.82) is 0 Å². The Bertz CT molecular complexity index is 332. The monoisotopic (exact) mass is 265 g/mol. The van der Waals surface area contributed by atoms with Crippen molar-refractivity contribution in [3.63, 3.8) is 0 Å². The van der Waals surface area contributed by atoms with E-state index in [0.717, 1.165) is 31.5 Å². The van der Waals surface area contributed by atoms with Gasteiger partial charge in [-0.2, -0.15) is 5.21 Å². The molecule has 0 aliphatic heterocycles. The van der Waals surface area contributed by atoms with Crippen LogP contribution >= 0.6 is 0 Å². The Morgan fingerprint density at radius 3 is 2.37 bits per heavy atom. The van der Waals surface area contributed by atoms with Crippen LogP contribution in [0.15, 0.2) is 4.99 Å². The lowest BCUT2D eigenvalue weighted by molar-refractivity contribution is 0.667. The number of unbranched alkanes of at least 4 members (excludes halogenated alkanes) is 6. The zero-order chi connectivity index (χ0) is 13.8. The van der Waals surface area contributed by atoms with Gasteiger partial charge in [-0.3, -0.25) is 4.99 Å². The van der Waals surface area contributed by atoms with E-state index < -0.39 is 0 Å². The normalized spacial score (nSPS) is 12.0. The highest BCUT2D eigenvalue weighted by molar-refractivity contribution is 5.97. The second-order valence-corrected chi connectivity index (χ2v) is 4.94. The van der Waals surface area contributed by atoms with E-state index >= 15 is 0 Å². The number of rotatable bonds is 11. The van der Waals surface area contributed by atoms with E-state index in [-0.39, 0.29) is 0 Å². The molecule has 0 amide bonds. The molecule has 0 radical (unpaired) electrons. The number of hydrogen-bond acceptors (Lipinski definition) is 4. The van der Waals surface area contributed by atoms with Crippen molar-refractivity contribution in [3.8, 4) is 0 Å². The lowest BCUT2D eigenvalue weighted by Crippen LogP contribution is -2.05. The van der Waals surface area contributed by atoms with Crippen molar-refractivity contribution in [3.05, 3.63) is 5.82 Å². The van der Waals surface area contributed by atoms with Gasteiger partial charge >= 0.3 is 0 Å². The lowest BCUT2D eigenvalue weighted by atomic mass is 10.1. The highest BCUT2D eigenvalue weighted by atomic mass is 15.5. The second-order valence-electron chi connectivity index (χ2n) is 4.94. The number of aliphatic imine (C=N–C) groups is 1. The molecular formula is C14H27N5. The Labute approximate surface area is 116 Å². The van der Waals surface area contributed by atoms with E-state index in [1.165, 1.54) is 38.5 Å². The van der Waals surface area contributed by atoms with E-state index in [2.05, 4.69) is 39.5 Å². The first-order valence-corrected chi connectivity index (χ1v) is 7.65. The number of nitrogens with zero attached hydrogens (tertiary/aromatic N) is 4. The molecule has 0 atom stereocenters. The van der Waals surface area contributed by atoms with Crippen molar-refractivity contribution < 1.29 is 0 Å². The van der Waals surface area contributed by atoms with Crippen molar-refractivity contribution in [1.82, 2.24) is 20.6 Å². The van der Waals surface area contributed by atoms with Crippen LogP contribution < -0.4 is 0 Å². The predicted molar refractivity (Wildman–Crippen MR) is 78.5 cm³/mol. The summed E-state index contributed by atoms with van der Waals surface area (Å²) in [5.41, 5.74) is 1.02. The minimum Gasteiger partial charge on any atom is -0.286 e. The Morgan fingerprint density at radius 2 is 1.74 bits per heavy atom. The fraction of sp³-hybridized carbons (Fsp3) is 0.857. The first kappa shape index (κ1) is 15.8. The summed E-state index contributed by atoms with van der Waals surface area (Å²) in [5.74, 6) is 0.673. The van der Waals surface area contributed by atoms with Crippen LogP contribution in [0.4, 0.5) is 0 Å². The third-order valence-corrected chi connectivity index (χ3v) is 3.18. The first-order valence-electron chi connectivity index (χ1n) is 7.65. The average Bonchev–Trinajstić information content (AvgIpc) is 2.95. The highest BCUT2D eigenvalue weighted by Gasteiger charge is 2.08. The van der Waals surface area contributed by atoms with E-state index in [9.17, 15) is 0 Å². The third-order valence-electron chi connectivity index (χ3n) is 3.18. The van der Waals surface area contributed by atoms with Crippen LogP contribution in [0.5, 0.6) is 0 Å². The molecule has 1 aromatic heterocycles. The summed E-state index contributed by atoms with van der Waals surface area (Å²) >= 11 is 0. The number of tetrazole rings is 1. The number of H-pyrrole nitrogens is 1. The van der Waals surface area contributed by atoms with Crippen molar-refractivity contribution in [2.24, 2.45) is 4.99 Å². The van der Waals surface area contributed by atoms with Crippen molar-refractivity contribution in [2.75, 3.05) is 6.54 Å². The molecule has 1 aromatic rings. The van der Waals surface area contributed by atoms with Gasteiger partial charge in [-0.1, -0.05) is 52.4 Å². The quantitative estimate of drug-likeness (QED) is 0.491. The first-order chi connectivity index (χ1) is 9.38. The molecule has 5 nitrogen and oxygen atoms in total. The minimum absolute atomic E-state index is 0.673. The van der Waals surface area contributed by atoms with Crippen LogP contribution in [0.1, 0.15) is 77.5 Å². The van der Waals surface area contributed by atoms with E-state index in [4.69, 9.17) is 0 Å². The van der Waals surface area contributed by atoms with Crippen LogP contribution in [0.25, 0.3) is 0 Å². The molecular weight excluding hydrogens is 238 g/mol. The summed E-state index contributed by atoms with van der Waals surface area (Å²) in [6.45, 7) is 5.33. The maximum atomic E-state index is 4.67. The fourth-order valence-electron chi connectivity index (χ4n) is 2.02. The summed E-state index contributed by atoms with van der Waals surface area (Å²) in [6.07, 6.45) is 10.9. The fourth-order valence-corrected chi connectivity index (χ4v) is 2.02. The maximum Gasteiger partial charge on any atom is 0.218 e. The van der Waals surface area contributed by atoms with E-state index in [0.29, 0.717) is 5.82 Å². The van der Waals surface area contributed by atoms with Gasteiger partial charge in [0.15, 0.2) is 0 Å². The van der Waals surface area contributed by atoms with Crippen LogP contribution in [-0.2, 0) is 0 Å². The van der Waals surface area contributed by atoms with Gasteiger partial charge in [0.25, 0.3) is 0 Å². The molecule has 0 fully saturated rings. The zero-order valence-corrected chi connectivity index (χ0v) is 12.4. The summed E-state index contributed by atoms with van der Waals surface area (Å²) in [4.78, 5) is 4.67. The average molecular weight is 265 g/mol. The Morgan fingerprint density at radius 1 is 1.00 bits per heavy atom. The summed E-state index contributed by atoms with van der Waals surface area (Å²) in [7, 11) is 0. The molecule has 19 heavy (non-hydrogen) atoms. The molecule has 0 aliphatic rings. The molecule has 5 heteroatoms. The van der Waals surface area contributed by atoms with Crippen molar-refractivity contribution in [2.45, 2.75) is 71.6 Å². The summed E-state index contributed by atoms with van der Waals surface area (Å²) in [5, 5.41) is 14.2.